The Morgan fingerprint density at radius 3 is 1.37 bits per heavy atom. The molecule has 0 saturated carbocycles. The average molecular weight is 347 g/mol. The molecule has 0 radical (unpaired) electrons. The fraction of sp³-hybridized carbons (Fsp3) is 0. The molecule has 6 nitrogen and oxygen atoms in total. The first-order valence-electron chi connectivity index (χ1n) is 4.90. The van der Waals surface area contributed by atoms with Gasteiger partial charge in [0, 0.05) is 31.9 Å². The second-order valence-electron chi connectivity index (χ2n) is 3.04. The molecule has 0 spiro atoms. The number of aliphatic carboxylic acids is 2. The summed E-state index contributed by atoms with van der Waals surface area (Å²) in [5.74, 6) is -3.65. The Bertz CT molecular complexity index is 470. The minimum Gasteiger partial charge on any atom is -0.473 e. The van der Waals surface area contributed by atoms with E-state index in [1.807, 2.05) is 36.4 Å². The van der Waals surface area contributed by atoms with E-state index < -0.39 is 11.9 Å². The van der Waals surface area contributed by atoms with Crippen LogP contribution in [0.3, 0.4) is 0 Å². The molecule has 0 aliphatic carbocycles. The van der Waals surface area contributed by atoms with E-state index in [0.29, 0.717) is 0 Å². The van der Waals surface area contributed by atoms with Crippen LogP contribution in [0.1, 0.15) is 0 Å². The van der Waals surface area contributed by atoms with Gasteiger partial charge in [-0.3, -0.25) is 9.97 Å². The van der Waals surface area contributed by atoms with Crippen molar-refractivity contribution in [2.24, 2.45) is 0 Å². The van der Waals surface area contributed by atoms with Gasteiger partial charge in [0.05, 0.1) is 11.4 Å². The first kappa shape index (κ1) is 16.9. The molecule has 19 heavy (non-hydrogen) atoms. The Balaban J connectivity index is 0.000000404. The van der Waals surface area contributed by atoms with Gasteiger partial charge in [0.15, 0.2) is 0 Å². The van der Waals surface area contributed by atoms with Crippen molar-refractivity contribution < 1.29 is 39.3 Å². The largest absolute Gasteiger partial charge is 0.473 e. The Kier molecular flexibility index (Phi) is 7.88. The van der Waals surface area contributed by atoms with Crippen LogP contribution in [0.25, 0.3) is 11.4 Å². The second kappa shape index (κ2) is 8.88. The molecule has 0 aliphatic heterocycles. The molecule has 2 rings (SSSR count). The molecule has 100 valence electrons. The van der Waals surface area contributed by atoms with E-state index in [-0.39, 0.29) is 19.5 Å². The number of carboxylic acids is 2. The first-order valence-corrected chi connectivity index (χ1v) is 4.90. The summed E-state index contributed by atoms with van der Waals surface area (Å²) in [4.78, 5) is 26.6. The summed E-state index contributed by atoms with van der Waals surface area (Å²) in [6.45, 7) is 0. The van der Waals surface area contributed by atoms with Crippen molar-refractivity contribution in [1.29, 1.82) is 0 Å². The SMILES string of the molecule is O=C(O)C(=O)O.[Ru].c1ccc(-c2ccccn2)nc1. The van der Waals surface area contributed by atoms with Crippen LogP contribution >= 0.6 is 0 Å². The zero-order valence-electron chi connectivity index (χ0n) is 9.58. The van der Waals surface area contributed by atoms with E-state index >= 15 is 0 Å². The smallest absolute Gasteiger partial charge is 0.414 e. The molecule has 0 aromatic carbocycles. The summed E-state index contributed by atoms with van der Waals surface area (Å²) in [5.41, 5.74) is 1.83. The predicted molar refractivity (Wildman–Crippen MR) is 62.7 cm³/mol. The Morgan fingerprint density at radius 2 is 1.16 bits per heavy atom. The number of nitrogens with zero attached hydrogens (tertiary/aromatic N) is 2. The summed E-state index contributed by atoms with van der Waals surface area (Å²) in [6, 6.07) is 11.6. The predicted octanol–water partition coefficient (Wildman–Crippen LogP) is 1.30. The van der Waals surface area contributed by atoms with E-state index in [9.17, 15) is 0 Å². The number of pyridine rings is 2. The molecule has 0 bridgehead atoms. The minimum atomic E-state index is -1.82. The fourth-order valence-corrected chi connectivity index (χ4v) is 1.03. The standard InChI is InChI=1S/C10H8N2.C2H2O4.Ru/c1-3-7-11-9(5-1)10-6-2-4-8-12-10;3-1(4)2(5)6;/h1-8H;(H,3,4)(H,5,6);. The van der Waals surface area contributed by atoms with Gasteiger partial charge in [-0.1, -0.05) is 12.1 Å². The van der Waals surface area contributed by atoms with Crippen molar-refractivity contribution in [3.8, 4) is 11.4 Å². The maximum absolute atomic E-state index is 9.10. The second-order valence-corrected chi connectivity index (χ2v) is 3.04. The molecule has 2 aromatic rings. The van der Waals surface area contributed by atoms with Crippen LogP contribution in [0.15, 0.2) is 48.8 Å². The van der Waals surface area contributed by atoms with E-state index in [4.69, 9.17) is 19.8 Å². The molecule has 0 aliphatic rings. The van der Waals surface area contributed by atoms with Crippen LogP contribution in [0.2, 0.25) is 0 Å². The molecule has 7 heteroatoms. The van der Waals surface area contributed by atoms with Gasteiger partial charge in [-0.05, 0) is 24.3 Å². The Labute approximate surface area is 121 Å². The maximum Gasteiger partial charge on any atom is 0.414 e. The molecular formula is C12H10N2O4Ru. The topological polar surface area (TPSA) is 100 Å². The molecule has 0 amide bonds. The summed E-state index contributed by atoms with van der Waals surface area (Å²) >= 11 is 0. The number of aromatic nitrogens is 2. The van der Waals surface area contributed by atoms with Crippen molar-refractivity contribution in [3.63, 3.8) is 0 Å². The third kappa shape index (κ3) is 6.38. The molecule has 2 aromatic heterocycles. The zero-order valence-corrected chi connectivity index (χ0v) is 11.3. The van der Waals surface area contributed by atoms with E-state index in [1.165, 1.54) is 0 Å². The van der Waals surface area contributed by atoms with Crippen LogP contribution in [0.4, 0.5) is 0 Å². The maximum atomic E-state index is 9.10. The van der Waals surface area contributed by atoms with E-state index in [2.05, 4.69) is 9.97 Å². The monoisotopic (exact) mass is 348 g/mol. The average Bonchev–Trinajstić information content (AvgIpc) is 2.41. The summed E-state index contributed by atoms with van der Waals surface area (Å²) in [5, 5.41) is 14.8. The third-order valence-electron chi connectivity index (χ3n) is 1.78. The number of rotatable bonds is 1. The van der Waals surface area contributed by atoms with Crippen LogP contribution < -0.4 is 0 Å². The number of carboxylic acid groups (broad SMARTS) is 2. The van der Waals surface area contributed by atoms with Crippen molar-refractivity contribution in [2.45, 2.75) is 0 Å². The van der Waals surface area contributed by atoms with Crippen LogP contribution in [0, 0.1) is 0 Å². The fourth-order valence-electron chi connectivity index (χ4n) is 1.03. The molecule has 0 saturated heterocycles. The summed E-state index contributed by atoms with van der Waals surface area (Å²) in [6.07, 6.45) is 3.54. The molecule has 0 atom stereocenters. The van der Waals surface area contributed by atoms with Crippen molar-refractivity contribution in [1.82, 2.24) is 9.97 Å². The van der Waals surface area contributed by atoms with Gasteiger partial charge < -0.3 is 10.2 Å². The normalized spacial score (nSPS) is 8.42. The first-order chi connectivity index (χ1) is 8.61. The quantitative estimate of drug-likeness (QED) is 0.596. The van der Waals surface area contributed by atoms with E-state index in [1.54, 1.807) is 12.4 Å². The zero-order chi connectivity index (χ0) is 13.4. The molecule has 2 heterocycles. The van der Waals surface area contributed by atoms with Gasteiger partial charge in [-0.2, -0.15) is 0 Å². The summed E-state index contributed by atoms with van der Waals surface area (Å²) in [7, 11) is 0. The van der Waals surface area contributed by atoms with Gasteiger partial charge >= 0.3 is 11.9 Å². The van der Waals surface area contributed by atoms with Gasteiger partial charge in [-0.15, -0.1) is 0 Å². The molecule has 2 N–H and O–H groups in total. The number of hydrogen-bond acceptors (Lipinski definition) is 4. The van der Waals surface area contributed by atoms with E-state index in [0.717, 1.165) is 11.4 Å². The minimum absolute atomic E-state index is 0. The van der Waals surface area contributed by atoms with Gasteiger partial charge in [0.1, 0.15) is 0 Å². The van der Waals surface area contributed by atoms with Crippen LogP contribution in [0.5, 0.6) is 0 Å². The molecular weight excluding hydrogens is 337 g/mol. The van der Waals surface area contributed by atoms with Crippen molar-refractivity contribution >= 4 is 11.9 Å². The van der Waals surface area contributed by atoms with Crippen LogP contribution in [-0.2, 0) is 29.1 Å². The van der Waals surface area contributed by atoms with Crippen LogP contribution in [-0.4, -0.2) is 32.1 Å². The number of hydrogen-bond donors (Lipinski definition) is 2. The van der Waals surface area contributed by atoms with Crippen molar-refractivity contribution in [2.75, 3.05) is 0 Å². The Morgan fingerprint density at radius 1 is 0.789 bits per heavy atom. The Hall–Kier alpha value is -2.14. The molecule has 0 fully saturated rings. The van der Waals surface area contributed by atoms with Gasteiger partial charge in [0.2, 0.25) is 0 Å². The van der Waals surface area contributed by atoms with Gasteiger partial charge in [-0.25, -0.2) is 9.59 Å². The number of carbonyl (C=O) groups is 2. The third-order valence-corrected chi connectivity index (χ3v) is 1.78. The van der Waals surface area contributed by atoms with Gasteiger partial charge in [0.25, 0.3) is 0 Å². The van der Waals surface area contributed by atoms with Crippen molar-refractivity contribution in [3.05, 3.63) is 48.8 Å². The molecule has 0 unspecified atom stereocenters. The summed E-state index contributed by atoms with van der Waals surface area (Å²) < 4.78 is 0.